The number of nitrogens with zero attached hydrogens (tertiary/aromatic N) is 2. The monoisotopic (exact) mass is 455 g/mol. The summed E-state index contributed by atoms with van der Waals surface area (Å²) in [6.07, 6.45) is -0.701. The Morgan fingerprint density at radius 1 is 1.30 bits per heavy atom. The largest absolute Gasteiger partial charge is 0.395 e. The lowest BCUT2D eigenvalue weighted by atomic mass is 9.96. The Bertz CT molecular complexity index is 1170. The van der Waals surface area contributed by atoms with Gasteiger partial charge in [0, 0.05) is 17.5 Å². The third-order valence-electron chi connectivity index (χ3n) is 5.54. The quantitative estimate of drug-likeness (QED) is 0.740. The topological polar surface area (TPSA) is 96.0 Å². The van der Waals surface area contributed by atoms with Crippen molar-refractivity contribution >= 4 is 27.5 Å². The van der Waals surface area contributed by atoms with Crippen molar-refractivity contribution in [3.8, 4) is 11.1 Å². The summed E-state index contributed by atoms with van der Waals surface area (Å²) in [6.45, 7) is 0.567. The smallest absolute Gasteiger partial charge is 0.263 e. The first kappa shape index (κ1) is 21.2. The molecule has 160 valence electrons. The molecular formula is C20H20ClF2N3O3S. The van der Waals surface area contributed by atoms with Crippen LogP contribution in [0.15, 0.2) is 40.2 Å². The van der Waals surface area contributed by atoms with Gasteiger partial charge in [0.2, 0.25) is 10.0 Å². The van der Waals surface area contributed by atoms with Gasteiger partial charge in [0.05, 0.1) is 35.7 Å². The molecule has 2 aromatic carbocycles. The van der Waals surface area contributed by atoms with Gasteiger partial charge in [-0.25, -0.2) is 17.2 Å². The summed E-state index contributed by atoms with van der Waals surface area (Å²) in [5.41, 5.74) is 9.51. The first-order chi connectivity index (χ1) is 14.0. The second kappa shape index (κ2) is 7.26. The molecule has 2 aromatic rings. The van der Waals surface area contributed by atoms with Crippen LogP contribution in [-0.2, 0) is 16.6 Å². The minimum absolute atomic E-state index is 0.113. The summed E-state index contributed by atoms with van der Waals surface area (Å²) in [4.78, 5) is 4.07. The average molecular weight is 456 g/mol. The summed E-state index contributed by atoms with van der Waals surface area (Å²) in [6, 6.07) is 6.94. The fourth-order valence-electron chi connectivity index (χ4n) is 4.02. The van der Waals surface area contributed by atoms with E-state index in [1.54, 1.807) is 13.0 Å². The van der Waals surface area contributed by atoms with Crippen LogP contribution in [0, 0.1) is 6.92 Å². The molecule has 0 aliphatic carbocycles. The maximum Gasteiger partial charge on any atom is 0.263 e. The second-order valence-electron chi connectivity index (χ2n) is 7.59. The lowest BCUT2D eigenvalue weighted by Gasteiger charge is -2.22. The Hall–Kier alpha value is -2.07. The van der Waals surface area contributed by atoms with Crippen LogP contribution < -0.4 is 5.73 Å². The highest BCUT2D eigenvalue weighted by Gasteiger charge is 2.49. The molecule has 2 heterocycles. The van der Waals surface area contributed by atoms with Crippen molar-refractivity contribution < 1.29 is 22.3 Å². The number of benzene rings is 2. The molecule has 3 N–H and O–H groups in total. The molecule has 6 nitrogen and oxygen atoms in total. The zero-order valence-electron chi connectivity index (χ0n) is 16.1. The number of halogens is 3. The molecule has 0 amide bonds. The molecule has 0 spiro atoms. The van der Waals surface area contributed by atoms with Crippen molar-refractivity contribution in [2.75, 3.05) is 13.2 Å². The Kier molecular flexibility index (Phi) is 5.13. The van der Waals surface area contributed by atoms with Gasteiger partial charge in [0.1, 0.15) is 5.84 Å². The predicted molar refractivity (Wildman–Crippen MR) is 110 cm³/mol. The first-order valence-electron chi connectivity index (χ1n) is 9.28. The number of nitrogens with two attached hydrogens (primary N) is 1. The van der Waals surface area contributed by atoms with Gasteiger partial charge in [-0.3, -0.25) is 4.99 Å². The highest BCUT2D eigenvalue weighted by Crippen LogP contribution is 2.39. The highest BCUT2D eigenvalue weighted by atomic mass is 35.5. The van der Waals surface area contributed by atoms with E-state index >= 15 is 0 Å². The van der Waals surface area contributed by atoms with Gasteiger partial charge in [-0.2, -0.15) is 4.31 Å². The molecule has 1 fully saturated rings. The molecule has 2 aliphatic rings. The van der Waals surface area contributed by atoms with Crippen molar-refractivity contribution in [3.05, 3.63) is 52.0 Å². The van der Waals surface area contributed by atoms with Gasteiger partial charge < -0.3 is 10.8 Å². The number of hydrogen-bond acceptors (Lipinski definition) is 5. The van der Waals surface area contributed by atoms with Crippen LogP contribution in [0.3, 0.4) is 0 Å². The summed E-state index contributed by atoms with van der Waals surface area (Å²) in [5.74, 6) is -2.81. The maximum absolute atomic E-state index is 13.8. The van der Waals surface area contributed by atoms with Crippen LogP contribution in [0.2, 0.25) is 5.02 Å². The minimum atomic E-state index is -4.20. The van der Waals surface area contributed by atoms with Gasteiger partial charge in [-0.1, -0.05) is 29.8 Å². The molecule has 0 saturated carbocycles. The van der Waals surface area contributed by atoms with Crippen LogP contribution in [0.5, 0.6) is 0 Å². The van der Waals surface area contributed by atoms with Crippen molar-refractivity contribution in [2.24, 2.45) is 10.7 Å². The zero-order valence-corrected chi connectivity index (χ0v) is 17.6. The van der Waals surface area contributed by atoms with Crippen LogP contribution in [0.25, 0.3) is 11.1 Å². The SMILES string of the molecule is Cc1cc(S(=O)(=O)N2CC(F)(F)C[C@H]2CO)ccc1-c1ccc2c(c1Cl)C(N)=NC2. The van der Waals surface area contributed by atoms with Gasteiger partial charge in [0.15, 0.2) is 0 Å². The molecule has 0 aromatic heterocycles. The molecule has 2 aliphatic heterocycles. The van der Waals surface area contributed by atoms with E-state index in [9.17, 15) is 22.3 Å². The second-order valence-corrected chi connectivity index (χ2v) is 9.85. The van der Waals surface area contributed by atoms with E-state index in [4.69, 9.17) is 17.3 Å². The normalized spacial score (nSPS) is 21.0. The number of aryl methyl sites for hydroxylation is 1. The van der Waals surface area contributed by atoms with Gasteiger partial charge in [-0.15, -0.1) is 0 Å². The molecule has 30 heavy (non-hydrogen) atoms. The van der Waals surface area contributed by atoms with Gasteiger partial charge in [-0.05, 0) is 35.7 Å². The Balaban J connectivity index is 1.73. The number of aliphatic imine (C=N–C) groups is 1. The van der Waals surface area contributed by atoms with Crippen LogP contribution in [-0.4, -0.2) is 48.8 Å². The van der Waals surface area contributed by atoms with Crippen molar-refractivity contribution in [2.45, 2.75) is 36.7 Å². The number of amidine groups is 1. The van der Waals surface area contributed by atoms with Gasteiger partial charge in [0.25, 0.3) is 5.92 Å². The molecule has 0 unspecified atom stereocenters. The summed E-state index contributed by atoms with van der Waals surface area (Å²) in [5, 5.41) is 9.82. The number of sulfonamides is 1. The van der Waals surface area contributed by atoms with E-state index in [0.717, 1.165) is 5.56 Å². The van der Waals surface area contributed by atoms with E-state index in [1.807, 2.05) is 12.1 Å². The van der Waals surface area contributed by atoms with E-state index in [2.05, 4.69) is 4.99 Å². The van der Waals surface area contributed by atoms with Crippen molar-refractivity contribution in [1.29, 1.82) is 0 Å². The third kappa shape index (κ3) is 3.39. The number of fused-ring (bicyclic) bond motifs is 1. The molecular weight excluding hydrogens is 436 g/mol. The minimum Gasteiger partial charge on any atom is -0.395 e. The van der Waals surface area contributed by atoms with E-state index in [1.165, 1.54) is 12.1 Å². The average Bonchev–Trinajstić information content (AvgIpc) is 3.22. The molecule has 10 heteroatoms. The first-order valence-corrected chi connectivity index (χ1v) is 11.1. The van der Waals surface area contributed by atoms with Gasteiger partial charge >= 0.3 is 0 Å². The maximum atomic E-state index is 13.8. The van der Waals surface area contributed by atoms with Crippen LogP contribution in [0.4, 0.5) is 8.78 Å². The van der Waals surface area contributed by atoms with E-state index in [-0.39, 0.29) is 4.90 Å². The van der Waals surface area contributed by atoms with E-state index < -0.39 is 41.6 Å². The Morgan fingerprint density at radius 2 is 2.00 bits per heavy atom. The molecule has 0 radical (unpaired) electrons. The molecule has 4 rings (SSSR count). The fraction of sp³-hybridized carbons (Fsp3) is 0.350. The number of aliphatic hydroxyl groups excluding tert-OH is 1. The lowest BCUT2D eigenvalue weighted by Crippen LogP contribution is -2.38. The molecule has 0 bridgehead atoms. The highest BCUT2D eigenvalue weighted by molar-refractivity contribution is 7.89. The molecule has 1 atom stereocenters. The summed E-state index contributed by atoms with van der Waals surface area (Å²) >= 11 is 6.56. The molecule has 1 saturated heterocycles. The summed E-state index contributed by atoms with van der Waals surface area (Å²) < 4.78 is 54.2. The zero-order chi connectivity index (χ0) is 21.8. The third-order valence-corrected chi connectivity index (χ3v) is 7.83. The number of aliphatic hydroxyl groups is 1. The Morgan fingerprint density at radius 3 is 2.67 bits per heavy atom. The lowest BCUT2D eigenvalue weighted by molar-refractivity contribution is 0.0161. The van der Waals surface area contributed by atoms with Crippen molar-refractivity contribution in [3.63, 3.8) is 0 Å². The van der Waals surface area contributed by atoms with Crippen LogP contribution >= 0.6 is 11.6 Å². The predicted octanol–water partition coefficient (Wildman–Crippen LogP) is 2.92. The number of alkyl halides is 2. The summed E-state index contributed by atoms with van der Waals surface area (Å²) in [7, 11) is -4.20. The fourth-order valence-corrected chi connectivity index (χ4v) is 6.13. The standard InChI is InChI=1S/C20H20ClF2N3O3S/c1-11-6-14(30(28,29)26-10-20(22,23)7-13(26)9-27)3-5-15(11)16-4-2-12-8-25-19(24)17(12)18(16)21/h2-6,13,27H,7-10H2,1H3,(H2,24,25)/t13-/m0/s1. The van der Waals surface area contributed by atoms with E-state index in [0.29, 0.717) is 44.0 Å². The number of rotatable bonds is 4. The van der Waals surface area contributed by atoms with Crippen molar-refractivity contribution in [1.82, 2.24) is 4.31 Å². The Labute approximate surface area is 178 Å². The number of hydrogen-bond donors (Lipinski definition) is 2. The van der Waals surface area contributed by atoms with Crippen LogP contribution in [0.1, 0.15) is 23.1 Å².